The van der Waals surface area contributed by atoms with E-state index in [0.717, 1.165) is 23.6 Å². The van der Waals surface area contributed by atoms with E-state index in [1.807, 2.05) is 42.8 Å². The van der Waals surface area contributed by atoms with E-state index < -0.39 is 5.60 Å². The Morgan fingerprint density at radius 3 is 2.82 bits per heavy atom. The van der Waals surface area contributed by atoms with Crippen molar-refractivity contribution in [2.75, 3.05) is 19.0 Å². The second kappa shape index (κ2) is 7.04. The number of rotatable bonds is 4. The van der Waals surface area contributed by atoms with Crippen LogP contribution in [0.1, 0.15) is 50.8 Å². The van der Waals surface area contributed by atoms with Gasteiger partial charge in [-0.2, -0.15) is 5.10 Å². The summed E-state index contributed by atoms with van der Waals surface area (Å²) in [6.07, 6.45) is 2.41. The Hall–Kier alpha value is -2.70. The van der Waals surface area contributed by atoms with Gasteiger partial charge < -0.3 is 14.4 Å². The predicted molar refractivity (Wildman–Crippen MR) is 107 cm³/mol. The lowest BCUT2D eigenvalue weighted by molar-refractivity contribution is 0.0833. The van der Waals surface area contributed by atoms with Crippen LogP contribution in [-0.2, 0) is 13.1 Å². The van der Waals surface area contributed by atoms with E-state index in [-0.39, 0.29) is 6.03 Å². The summed E-state index contributed by atoms with van der Waals surface area (Å²) in [7, 11) is 1.63. The molecule has 1 saturated carbocycles. The van der Waals surface area contributed by atoms with Crippen LogP contribution in [0.2, 0.25) is 0 Å². The maximum Gasteiger partial charge on any atom is 0.323 e. The van der Waals surface area contributed by atoms with Crippen molar-refractivity contribution in [3.05, 3.63) is 35.5 Å². The molecule has 2 aliphatic rings. The van der Waals surface area contributed by atoms with Crippen LogP contribution in [0.4, 0.5) is 10.6 Å². The van der Waals surface area contributed by atoms with Crippen molar-refractivity contribution in [3.63, 3.8) is 0 Å². The van der Waals surface area contributed by atoms with Gasteiger partial charge in [0.1, 0.15) is 17.1 Å². The number of anilines is 1. The molecular weight excluding hydrogens is 356 g/mol. The zero-order valence-corrected chi connectivity index (χ0v) is 17.0. The fourth-order valence-electron chi connectivity index (χ4n) is 3.72. The molecule has 1 N–H and O–H groups in total. The minimum atomic E-state index is -0.517. The highest BCUT2D eigenvalue weighted by atomic mass is 16.5. The number of aryl methyl sites for hydroxylation is 1. The zero-order chi connectivity index (χ0) is 19.9. The SMILES string of the molecule is CCn1nc(NC(=O)N2Cc3ccc(OC)cc3OC(C)(C)C2)cc1C1CC1. The average Bonchev–Trinajstić information content (AvgIpc) is 3.43. The van der Waals surface area contributed by atoms with Gasteiger partial charge in [-0.05, 0) is 45.7 Å². The molecule has 2 aromatic rings. The van der Waals surface area contributed by atoms with Crippen LogP contribution in [0, 0.1) is 0 Å². The lowest BCUT2D eigenvalue weighted by Gasteiger charge is -2.29. The van der Waals surface area contributed by atoms with Crippen LogP contribution in [0.5, 0.6) is 11.5 Å². The largest absolute Gasteiger partial charge is 0.497 e. The highest BCUT2D eigenvalue weighted by Gasteiger charge is 2.33. The molecule has 0 radical (unpaired) electrons. The Morgan fingerprint density at radius 2 is 2.14 bits per heavy atom. The van der Waals surface area contributed by atoms with Gasteiger partial charge in [-0.25, -0.2) is 4.79 Å². The third-order valence-corrected chi connectivity index (χ3v) is 5.22. The van der Waals surface area contributed by atoms with E-state index in [1.54, 1.807) is 12.0 Å². The summed E-state index contributed by atoms with van der Waals surface area (Å²) in [6.45, 7) is 7.79. The predicted octanol–water partition coefficient (Wildman–Crippen LogP) is 3.99. The van der Waals surface area contributed by atoms with Gasteiger partial charge in [-0.1, -0.05) is 0 Å². The molecule has 150 valence electrons. The van der Waals surface area contributed by atoms with Crippen molar-refractivity contribution >= 4 is 11.8 Å². The molecule has 1 aliphatic carbocycles. The van der Waals surface area contributed by atoms with Crippen LogP contribution >= 0.6 is 0 Å². The summed E-state index contributed by atoms with van der Waals surface area (Å²) in [4.78, 5) is 14.8. The average molecular weight is 384 g/mol. The number of nitrogens with one attached hydrogen (secondary N) is 1. The van der Waals surface area contributed by atoms with Crippen LogP contribution in [0.25, 0.3) is 0 Å². The Labute approximate surface area is 165 Å². The lowest BCUT2D eigenvalue weighted by Crippen LogP contribution is -2.44. The fourth-order valence-corrected chi connectivity index (χ4v) is 3.72. The first kappa shape index (κ1) is 18.7. The monoisotopic (exact) mass is 384 g/mol. The zero-order valence-electron chi connectivity index (χ0n) is 17.0. The number of fused-ring (bicyclic) bond motifs is 1. The van der Waals surface area contributed by atoms with Gasteiger partial charge in [-0.15, -0.1) is 0 Å². The Balaban J connectivity index is 1.54. The highest BCUT2D eigenvalue weighted by molar-refractivity contribution is 5.88. The molecule has 0 spiro atoms. The van der Waals surface area contributed by atoms with Gasteiger partial charge in [0.25, 0.3) is 0 Å². The minimum Gasteiger partial charge on any atom is -0.497 e. The van der Waals surface area contributed by atoms with E-state index in [2.05, 4.69) is 17.3 Å². The van der Waals surface area contributed by atoms with Crippen LogP contribution in [-0.4, -0.2) is 40.0 Å². The molecule has 7 heteroatoms. The van der Waals surface area contributed by atoms with Crippen molar-refractivity contribution in [2.45, 2.75) is 58.2 Å². The molecule has 7 nitrogen and oxygen atoms in total. The van der Waals surface area contributed by atoms with Gasteiger partial charge >= 0.3 is 6.03 Å². The van der Waals surface area contributed by atoms with Gasteiger partial charge in [0, 0.05) is 35.9 Å². The standard InChI is InChI=1S/C21H28N4O3/c1-5-25-17(14-6-7-14)11-19(23-25)22-20(26)24-12-15-8-9-16(27-4)10-18(15)28-21(2,3)13-24/h8-11,14H,5-7,12-13H2,1-4H3,(H,22,23,26). The molecule has 0 saturated heterocycles. The highest BCUT2D eigenvalue weighted by Crippen LogP contribution is 2.41. The Morgan fingerprint density at radius 1 is 1.36 bits per heavy atom. The lowest BCUT2D eigenvalue weighted by atomic mass is 10.1. The molecule has 1 aromatic heterocycles. The third kappa shape index (κ3) is 3.79. The van der Waals surface area contributed by atoms with Crippen molar-refractivity contribution in [1.29, 1.82) is 0 Å². The van der Waals surface area contributed by atoms with Gasteiger partial charge in [0.2, 0.25) is 0 Å². The van der Waals surface area contributed by atoms with E-state index in [0.29, 0.717) is 24.8 Å². The Bertz CT molecular complexity index is 886. The number of methoxy groups -OCH3 is 1. The summed E-state index contributed by atoms with van der Waals surface area (Å²) >= 11 is 0. The second-order valence-corrected chi connectivity index (χ2v) is 8.17. The molecule has 0 bridgehead atoms. The molecular formula is C21H28N4O3. The first-order chi connectivity index (χ1) is 13.4. The molecule has 1 aliphatic heterocycles. The van der Waals surface area contributed by atoms with E-state index >= 15 is 0 Å². The Kier molecular flexibility index (Phi) is 4.69. The normalized spacial score (nSPS) is 18.1. The maximum atomic E-state index is 13.0. The van der Waals surface area contributed by atoms with Gasteiger partial charge in [-0.3, -0.25) is 10.00 Å². The molecule has 28 heavy (non-hydrogen) atoms. The molecule has 2 heterocycles. The number of hydrogen-bond donors (Lipinski definition) is 1. The molecule has 2 amide bonds. The number of benzene rings is 1. The second-order valence-electron chi connectivity index (χ2n) is 8.17. The van der Waals surface area contributed by atoms with Crippen LogP contribution in [0.3, 0.4) is 0 Å². The molecule has 1 aromatic carbocycles. The fraction of sp³-hybridized carbons (Fsp3) is 0.524. The van der Waals surface area contributed by atoms with Crippen molar-refractivity contribution in [1.82, 2.24) is 14.7 Å². The third-order valence-electron chi connectivity index (χ3n) is 5.22. The van der Waals surface area contributed by atoms with Crippen molar-refractivity contribution in [2.24, 2.45) is 0 Å². The first-order valence-corrected chi connectivity index (χ1v) is 9.88. The maximum absolute atomic E-state index is 13.0. The minimum absolute atomic E-state index is 0.163. The topological polar surface area (TPSA) is 68.6 Å². The summed E-state index contributed by atoms with van der Waals surface area (Å²) in [6, 6.07) is 7.57. The van der Waals surface area contributed by atoms with E-state index in [9.17, 15) is 4.79 Å². The van der Waals surface area contributed by atoms with Crippen molar-refractivity contribution in [3.8, 4) is 11.5 Å². The summed E-state index contributed by atoms with van der Waals surface area (Å²) in [5.74, 6) is 2.70. The van der Waals surface area contributed by atoms with Gasteiger partial charge in [0.05, 0.1) is 20.2 Å². The molecule has 1 fully saturated rings. The van der Waals surface area contributed by atoms with E-state index in [4.69, 9.17) is 9.47 Å². The number of hydrogen-bond acceptors (Lipinski definition) is 4. The van der Waals surface area contributed by atoms with E-state index in [1.165, 1.54) is 18.5 Å². The first-order valence-electron chi connectivity index (χ1n) is 9.88. The van der Waals surface area contributed by atoms with Crippen LogP contribution < -0.4 is 14.8 Å². The number of aromatic nitrogens is 2. The quantitative estimate of drug-likeness (QED) is 0.865. The molecule has 4 rings (SSSR count). The van der Waals surface area contributed by atoms with Crippen molar-refractivity contribution < 1.29 is 14.3 Å². The summed E-state index contributed by atoms with van der Waals surface area (Å²) < 4.78 is 13.5. The van der Waals surface area contributed by atoms with Crippen LogP contribution in [0.15, 0.2) is 24.3 Å². The number of carbonyl (C=O) groups is 1. The summed E-state index contributed by atoms with van der Waals surface area (Å²) in [5.41, 5.74) is 1.66. The molecule has 0 unspecified atom stereocenters. The number of amides is 2. The number of urea groups is 1. The number of carbonyl (C=O) groups excluding carboxylic acids is 1. The van der Waals surface area contributed by atoms with Gasteiger partial charge in [0.15, 0.2) is 5.82 Å². The number of ether oxygens (including phenoxy) is 2. The number of nitrogens with zero attached hydrogens (tertiary/aromatic N) is 3. The summed E-state index contributed by atoms with van der Waals surface area (Å²) in [5, 5.41) is 7.54. The molecule has 0 atom stereocenters. The smallest absolute Gasteiger partial charge is 0.323 e.